The lowest BCUT2D eigenvalue weighted by Gasteiger charge is -2.13. The van der Waals surface area contributed by atoms with E-state index < -0.39 is 172 Å². The lowest BCUT2D eigenvalue weighted by Crippen LogP contribution is -2.16. The van der Waals surface area contributed by atoms with E-state index >= 15 is 0 Å². The number of anilines is 2. The summed E-state index contributed by atoms with van der Waals surface area (Å²) in [5, 5.41) is 26.0. The van der Waals surface area contributed by atoms with Crippen molar-refractivity contribution in [1.82, 2.24) is 0 Å². The molecule has 0 amide bonds. The number of nitrogen functional groups attached to an aromatic ring is 1. The van der Waals surface area contributed by atoms with Gasteiger partial charge in [0.2, 0.25) is 0 Å². The van der Waals surface area contributed by atoms with Gasteiger partial charge in [0, 0.05) is 7.05 Å². The summed E-state index contributed by atoms with van der Waals surface area (Å²) < 4.78 is 250. The van der Waals surface area contributed by atoms with Crippen molar-refractivity contribution < 1.29 is 103 Å². The van der Waals surface area contributed by atoms with Crippen molar-refractivity contribution in [2.75, 3.05) is 55.2 Å². The summed E-state index contributed by atoms with van der Waals surface area (Å²) in [6, 6.07) is 9.14. The summed E-state index contributed by atoms with van der Waals surface area (Å²) in [4.78, 5) is -4.36. The smallest absolute Gasteiger partial charge is 0.395 e. The Bertz CT molecular complexity index is 3740. The first-order chi connectivity index (χ1) is 32.4. The SMILES string of the molecule is CNc1c(N=Nc2ccc(S(=O)(=O)CCOS(=O)(=O)O)cc2S(=O)(=O)O)cc(N=Nc2ccc(S(=O)(=O)CCOS(=O)(=O)O)cc2)c(N)c1N=Nc1ccc(S(=O)(=O)CCOS(=O)(=O)O)cc1S(=O)(=O)O. The van der Waals surface area contributed by atoms with Gasteiger partial charge in [0.25, 0.3) is 20.2 Å². The summed E-state index contributed by atoms with van der Waals surface area (Å²) in [6.45, 7) is -3.16. The van der Waals surface area contributed by atoms with Gasteiger partial charge >= 0.3 is 31.2 Å². The summed E-state index contributed by atoms with van der Waals surface area (Å²) in [7, 11) is -38.0. The predicted molar refractivity (Wildman–Crippen MR) is 241 cm³/mol. The van der Waals surface area contributed by atoms with E-state index in [1.807, 2.05) is 0 Å². The van der Waals surface area contributed by atoms with Gasteiger partial charge < -0.3 is 11.1 Å². The van der Waals surface area contributed by atoms with Gasteiger partial charge in [-0.2, -0.15) is 47.2 Å². The Balaban J connectivity index is 1.89. The quantitative estimate of drug-likeness (QED) is 0.0301. The molecule has 8 N–H and O–H groups in total. The molecule has 0 bridgehead atoms. The summed E-state index contributed by atoms with van der Waals surface area (Å²) in [5.74, 6) is -3.13. The third kappa shape index (κ3) is 17.1. The Kier molecular flexibility index (Phi) is 18.1. The fourth-order valence-electron chi connectivity index (χ4n) is 5.27. The monoisotopic (exact) mass is 1160 g/mol. The average molecular weight is 1160 g/mol. The minimum atomic E-state index is -5.37. The van der Waals surface area contributed by atoms with Crippen LogP contribution in [0.25, 0.3) is 0 Å². The molecule has 0 saturated carbocycles. The van der Waals surface area contributed by atoms with Crippen molar-refractivity contribution in [2.45, 2.75) is 24.5 Å². The molecule has 390 valence electrons. The van der Waals surface area contributed by atoms with Gasteiger partial charge in [-0.3, -0.25) is 22.8 Å². The van der Waals surface area contributed by atoms with E-state index in [0.29, 0.717) is 12.1 Å². The number of hydrogen-bond acceptors (Lipinski definition) is 27. The molecular weight excluding hydrogens is 1120 g/mol. The van der Waals surface area contributed by atoms with Crippen molar-refractivity contribution in [3.8, 4) is 0 Å². The molecule has 4 aromatic rings. The molecule has 0 atom stereocenters. The molecule has 0 radical (unpaired) electrons. The molecule has 0 fully saturated rings. The Morgan fingerprint density at radius 1 is 0.451 bits per heavy atom. The van der Waals surface area contributed by atoms with Crippen molar-refractivity contribution in [1.29, 1.82) is 0 Å². The Morgan fingerprint density at radius 2 is 0.803 bits per heavy atom. The van der Waals surface area contributed by atoms with Crippen LogP contribution >= 0.6 is 0 Å². The number of sulfone groups is 3. The lowest BCUT2D eigenvalue weighted by atomic mass is 10.1. The van der Waals surface area contributed by atoms with E-state index in [9.17, 15) is 76.4 Å². The van der Waals surface area contributed by atoms with E-state index in [1.54, 1.807) is 0 Å². The summed E-state index contributed by atoms with van der Waals surface area (Å²) >= 11 is 0. The molecule has 0 saturated heterocycles. The first kappa shape index (κ1) is 58.1. The number of nitrogens with zero attached hydrogens (tertiary/aromatic N) is 6. The molecule has 0 aliphatic carbocycles. The van der Waals surface area contributed by atoms with E-state index in [2.05, 4.69) is 48.6 Å². The highest BCUT2D eigenvalue weighted by molar-refractivity contribution is 7.92. The van der Waals surface area contributed by atoms with Crippen molar-refractivity contribution in [3.05, 3.63) is 66.7 Å². The van der Waals surface area contributed by atoms with E-state index in [0.717, 1.165) is 54.6 Å². The topological polar surface area (TPSA) is 514 Å². The molecule has 0 unspecified atom stereocenters. The van der Waals surface area contributed by atoms with Crippen LogP contribution < -0.4 is 11.1 Å². The second kappa shape index (κ2) is 22.1. The maximum Gasteiger partial charge on any atom is 0.397 e. The number of hydrogen-bond donors (Lipinski definition) is 7. The maximum atomic E-state index is 12.8. The highest BCUT2D eigenvalue weighted by Crippen LogP contribution is 2.47. The van der Waals surface area contributed by atoms with Gasteiger partial charge in [0.1, 0.15) is 38.2 Å². The van der Waals surface area contributed by atoms with Crippen LogP contribution in [0.15, 0.2) is 122 Å². The third-order valence-electron chi connectivity index (χ3n) is 8.43. The standard InChI is InChI=1S/C31H34N8O24S8/c1-33-30-26(38-35-23-8-6-21(16-27(23)67(46,47)48)65(42,43)14-11-62-70(55,56)57)18-25(37-34-19-2-4-20(5-3-19)64(40,41)13-10-61-69(52,53)54)29(32)31(30)39-36-24-9-7-22(17-28(24)68(49,50)51)66(44,45)15-12-63-71(58,59)60/h2-9,16-18,33H,10-15,32H2,1H3,(H,46,47,48)(H,49,50,51)(H,52,53,54)(H,55,56,57)(H,58,59,60). The highest BCUT2D eigenvalue weighted by atomic mass is 32.3. The maximum absolute atomic E-state index is 12.8. The second-order valence-electron chi connectivity index (χ2n) is 13.3. The number of azo groups is 3. The van der Waals surface area contributed by atoms with Crippen LogP contribution in [-0.4, -0.2) is 134 Å². The fraction of sp³-hybridized carbons (Fsp3) is 0.226. The van der Waals surface area contributed by atoms with Gasteiger partial charge in [-0.05, 0) is 66.7 Å². The van der Waals surface area contributed by atoms with Crippen LogP contribution in [0, 0.1) is 0 Å². The largest absolute Gasteiger partial charge is 0.397 e. The van der Waals surface area contributed by atoms with Crippen molar-refractivity contribution >= 4 is 126 Å². The van der Waals surface area contributed by atoms with Crippen LogP contribution in [0.5, 0.6) is 0 Å². The predicted octanol–water partition coefficient (Wildman–Crippen LogP) is 2.83. The van der Waals surface area contributed by atoms with Crippen molar-refractivity contribution in [3.63, 3.8) is 0 Å². The number of benzene rings is 4. The van der Waals surface area contributed by atoms with Gasteiger partial charge in [-0.15, -0.1) is 25.6 Å². The molecule has 71 heavy (non-hydrogen) atoms. The van der Waals surface area contributed by atoms with E-state index in [4.69, 9.17) is 19.4 Å². The fourth-order valence-corrected chi connectivity index (χ4v) is 11.2. The number of nitrogens with one attached hydrogen (secondary N) is 1. The third-order valence-corrected chi connectivity index (χ3v) is 16.6. The molecule has 0 heterocycles. The number of nitrogens with two attached hydrogens (primary N) is 1. The molecular formula is C31H34N8O24S8. The van der Waals surface area contributed by atoms with Crippen LogP contribution in [-0.2, 0) is 93.5 Å². The molecule has 0 spiro atoms. The second-order valence-corrected chi connectivity index (χ2v) is 25.7. The molecule has 4 aromatic carbocycles. The number of rotatable bonds is 24. The normalized spacial score (nSPS) is 13.7. The molecule has 32 nitrogen and oxygen atoms in total. The Labute approximate surface area is 403 Å². The van der Waals surface area contributed by atoms with Crippen LogP contribution in [0.4, 0.5) is 45.5 Å². The zero-order chi connectivity index (χ0) is 53.6. The Morgan fingerprint density at radius 3 is 1.18 bits per heavy atom. The lowest BCUT2D eigenvalue weighted by molar-refractivity contribution is 0.282. The summed E-state index contributed by atoms with van der Waals surface area (Å²) in [5.41, 5.74) is 2.61. The zero-order valence-corrected chi connectivity index (χ0v) is 41.6. The van der Waals surface area contributed by atoms with E-state index in [1.165, 1.54) is 7.05 Å². The van der Waals surface area contributed by atoms with E-state index in [-0.39, 0.29) is 16.3 Å². The molecule has 4 rings (SSSR count). The van der Waals surface area contributed by atoms with Gasteiger partial charge in [0.15, 0.2) is 29.5 Å². The Hall–Kier alpha value is -5.44. The molecule has 0 aromatic heterocycles. The van der Waals surface area contributed by atoms with Crippen LogP contribution in [0.3, 0.4) is 0 Å². The van der Waals surface area contributed by atoms with Crippen LogP contribution in [0.2, 0.25) is 0 Å². The molecule has 0 aliphatic rings. The average Bonchev–Trinajstić information content (AvgIpc) is 3.22. The first-order valence-corrected chi connectivity index (χ1v) is 30.1. The molecule has 40 heteroatoms. The zero-order valence-electron chi connectivity index (χ0n) is 35.1. The minimum absolute atomic E-state index is 0.0867. The van der Waals surface area contributed by atoms with Crippen LogP contribution in [0.1, 0.15) is 0 Å². The van der Waals surface area contributed by atoms with Gasteiger partial charge in [-0.25, -0.2) is 37.8 Å². The molecule has 0 aliphatic heterocycles. The summed E-state index contributed by atoms with van der Waals surface area (Å²) in [6.07, 6.45) is 0. The van der Waals surface area contributed by atoms with Gasteiger partial charge in [0.05, 0.1) is 68.8 Å². The minimum Gasteiger partial charge on any atom is -0.395 e. The van der Waals surface area contributed by atoms with Crippen molar-refractivity contribution in [2.24, 2.45) is 30.7 Å². The van der Waals surface area contributed by atoms with Gasteiger partial charge in [-0.1, -0.05) is 0 Å². The first-order valence-electron chi connectivity index (χ1n) is 18.2. The highest BCUT2D eigenvalue weighted by Gasteiger charge is 2.26.